The highest BCUT2D eigenvalue weighted by Gasteiger charge is 2.35. The molecule has 1 saturated heterocycles. The SMILES string of the molecule is O=C(NNC(=O)[C@@H]1CC(=O)N(c2ccccc2)C1)c1cccc(F)c1. The van der Waals surface area contributed by atoms with Crippen LogP contribution in [-0.2, 0) is 9.59 Å². The zero-order valence-electron chi connectivity index (χ0n) is 13.2. The van der Waals surface area contributed by atoms with Crippen molar-refractivity contribution in [1.29, 1.82) is 0 Å². The lowest BCUT2D eigenvalue weighted by atomic mass is 10.1. The lowest BCUT2D eigenvalue weighted by Gasteiger charge is -2.16. The Balaban J connectivity index is 1.57. The predicted molar refractivity (Wildman–Crippen MR) is 88.9 cm³/mol. The highest BCUT2D eigenvalue weighted by atomic mass is 19.1. The summed E-state index contributed by atoms with van der Waals surface area (Å²) in [7, 11) is 0. The van der Waals surface area contributed by atoms with Crippen molar-refractivity contribution in [3.05, 3.63) is 66.0 Å². The summed E-state index contributed by atoms with van der Waals surface area (Å²) in [4.78, 5) is 37.7. The van der Waals surface area contributed by atoms with Gasteiger partial charge in [0.15, 0.2) is 0 Å². The van der Waals surface area contributed by atoms with Gasteiger partial charge in [-0.2, -0.15) is 0 Å². The Morgan fingerprint density at radius 1 is 1.04 bits per heavy atom. The summed E-state index contributed by atoms with van der Waals surface area (Å²) in [5, 5.41) is 0. The third kappa shape index (κ3) is 3.82. The van der Waals surface area contributed by atoms with Gasteiger partial charge < -0.3 is 4.90 Å². The number of amides is 3. The van der Waals surface area contributed by atoms with E-state index in [4.69, 9.17) is 0 Å². The van der Waals surface area contributed by atoms with Crippen LogP contribution in [0, 0.1) is 11.7 Å². The number of benzene rings is 2. The number of nitrogens with zero attached hydrogens (tertiary/aromatic N) is 1. The van der Waals surface area contributed by atoms with Crippen LogP contribution in [0.4, 0.5) is 10.1 Å². The Kier molecular flexibility index (Phi) is 4.74. The highest BCUT2D eigenvalue weighted by Crippen LogP contribution is 2.24. The number of hydrogen-bond acceptors (Lipinski definition) is 3. The van der Waals surface area contributed by atoms with Crippen LogP contribution >= 0.6 is 0 Å². The van der Waals surface area contributed by atoms with Gasteiger partial charge in [0, 0.05) is 24.2 Å². The molecule has 0 saturated carbocycles. The third-order valence-corrected chi connectivity index (χ3v) is 3.95. The van der Waals surface area contributed by atoms with Crippen molar-refractivity contribution in [3.8, 4) is 0 Å². The van der Waals surface area contributed by atoms with Crippen molar-refractivity contribution in [2.75, 3.05) is 11.4 Å². The summed E-state index contributed by atoms with van der Waals surface area (Å²) < 4.78 is 13.1. The maximum Gasteiger partial charge on any atom is 0.269 e. The average Bonchev–Trinajstić information content (AvgIpc) is 3.02. The Labute approximate surface area is 143 Å². The van der Waals surface area contributed by atoms with Crippen molar-refractivity contribution in [1.82, 2.24) is 10.9 Å². The second-order valence-electron chi connectivity index (χ2n) is 5.69. The molecule has 2 aromatic rings. The fourth-order valence-electron chi connectivity index (χ4n) is 2.66. The molecule has 1 fully saturated rings. The molecule has 6 nitrogen and oxygen atoms in total. The van der Waals surface area contributed by atoms with Gasteiger partial charge in [-0.15, -0.1) is 0 Å². The first-order valence-corrected chi connectivity index (χ1v) is 7.76. The van der Waals surface area contributed by atoms with Gasteiger partial charge in [-0.25, -0.2) is 4.39 Å². The van der Waals surface area contributed by atoms with E-state index in [-0.39, 0.29) is 24.4 Å². The number of hydrazine groups is 1. The van der Waals surface area contributed by atoms with Gasteiger partial charge in [0.2, 0.25) is 11.8 Å². The molecular weight excluding hydrogens is 325 g/mol. The molecule has 25 heavy (non-hydrogen) atoms. The number of halogens is 1. The molecule has 0 spiro atoms. The normalized spacial score (nSPS) is 16.6. The summed E-state index contributed by atoms with van der Waals surface area (Å²) in [6.45, 7) is 0.241. The Morgan fingerprint density at radius 3 is 2.52 bits per heavy atom. The highest BCUT2D eigenvalue weighted by molar-refractivity contribution is 6.01. The fourth-order valence-corrected chi connectivity index (χ4v) is 2.66. The predicted octanol–water partition coefficient (Wildman–Crippen LogP) is 1.64. The molecule has 2 aromatic carbocycles. The maximum absolute atomic E-state index is 13.1. The summed E-state index contributed by atoms with van der Waals surface area (Å²) >= 11 is 0. The second kappa shape index (κ2) is 7.12. The molecule has 128 valence electrons. The largest absolute Gasteiger partial charge is 0.312 e. The lowest BCUT2D eigenvalue weighted by molar-refractivity contribution is -0.126. The van der Waals surface area contributed by atoms with Crippen LogP contribution in [0.3, 0.4) is 0 Å². The van der Waals surface area contributed by atoms with Crippen molar-refractivity contribution in [3.63, 3.8) is 0 Å². The molecule has 1 heterocycles. The minimum absolute atomic E-state index is 0.0660. The van der Waals surface area contributed by atoms with Gasteiger partial charge in [-0.05, 0) is 30.3 Å². The lowest BCUT2D eigenvalue weighted by Crippen LogP contribution is -2.45. The molecule has 0 aliphatic carbocycles. The fraction of sp³-hybridized carbons (Fsp3) is 0.167. The molecule has 1 aliphatic rings. The number of nitrogens with one attached hydrogen (secondary N) is 2. The summed E-state index contributed by atoms with van der Waals surface area (Å²) in [5.41, 5.74) is 5.35. The number of anilines is 1. The van der Waals surface area contributed by atoms with Crippen molar-refractivity contribution >= 4 is 23.4 Å². The average molecular weight is 341 g/mol. The second-order valence-corrected chi connectivity index (χ2v) is 5.69. The van der Waals surface area contributed by atoms with Crippen molar-refractivity contribution in [2.24, 2.45) is 5.92 Å². The van der Waals surface area contributed by atoms with Gasteiger partial charge >= 0.3 is 0 Å². The van der Waals surface area contributed by atoms with Crippen molar-refractivity contribution in [2.45, 2.75) is 6.42 Å². The molecule has 0 unspecified atom stereocenters. The Hall–Kier alpha value is -3.22. The molecule has 1 aliphatic heterocycles. The Morgan fingerprint density at radius 2 is 1.80 bits per heavy atom. The smallest absolute Gasteiger partial charge is 0.269 e. The molecule has 0 aromatic heterocycles. The first kappa shape index (κ1) is 16.6. The number of hydrogen-bond donors (Lipinski definition) is 2. The van der Waals surface area contributed by atoms with Crippen LogP contribution in [0.1, 0.15) is 16.8 Å². The quantitative estimate of drug-likeness (QED) is 0.833. The molecular formula is C18H16FN3O3. The topological polar surface area (TPSA) is 78.5 Å². The molecule has 3 rings (SSSR count). The molecule has 3 amide bonds. The molecule has 0 bridgehead atoms. The van der Waals surface area contributed by atoms with Crippen LogP contribution in [0.25, 0.3) is 0 Å². The van der Waals surface area contributed by atoms with E-state index in [0.29, 0.717) is 0 Å². The molecule has 2 N–H and O–H groups in total. The Bertz CT molecular complexity index is 810. The van der Waals surface area contributed by atoms with E-state index in [9.17, 15) is 18.8 Å². The minimum atomic E-state index is -0.628. The van der Waals surface area contributed by atoms with E-state index in [2.05, 4.69) is 10.9 Å². The van der Waals surface area contributed by atoms with E-state index in [1.807, 2.05) is 18.2 Å². The number of carbonyl (C=O) groups excluding carboxylic acids is 3. The van der Waals surface area contributed by atoms with Gasteiger partial charge in [-0.3, -0.25) is 25.2 Å². The van der Waals surface area contributed by atoms with Gasteiger partial charge in [0.25, 0.3) is 5.91 Å². The minimum Gasteiger partial charge on any atom is -0.312 e. The third-order valence-electron chi connectivity index (χ3n) is 3.95. The van der Waals surface area contributed by atoms with Crippen LogP contribution < -0.4 is 15.8 Å². The standard InChI is InChI=1S/C18H16FN3O3/c19-14-6-4-5-12(9-14)17(24)20-21-18(25)13-10-16(23)22(11-13)15-7-2-1-3-8-15/h1-9,13H,10-11H2,(H,20,24)(H,21,25)/t13-/m1/s1. The van der Waals surface area contributed by atoms with Gasteiger partial charge in [0.05, 0.1) is 5.92 Å². The first-order chi connectivity index (χ1) is 12.0. The summed E-state index contributed by atoms with van der Waals surface area (Å²) in [5.74, 6) is -2.35. The number of para-hydroxylation sites is 1. The van der Waals surface area contributed by atoms with E-state index >= 15 is 0 Å². The van der Waals surface area contributed by atoms with E-state index in [0.717, 1.165) is 11.8 Å². The van der Waals surface area contributed by atoms with E-state index in [1.165, 1.54) is 18.2 Å². The number of carbonyl (C=O) groups is 3. The zero-order valence-corrected chi connectivity index (χ0v) is 13.2. The van der Waals surface area contributed by atoms with Gasteiger partial charge in [0.1, 0.15) is 5.82 Å². The van der Waals surface area contributed by atoms with Crippen LogP contribution in [0.5, 0.6) is 0 Å². The zero-order chi connectivity index (χ0) is 17.8. The first-order valence-electron chi connectivity index (χ1n) is 7.76. The monoisotopic (exact) mass is 341 g/mol. The van der Waals surface area contributed by atoms with Crippen LogP contribution in [0.2, 0.25) is 0 Å². The van der Waals surface area contributed by atoms with Gasteiger partial charge in [-0.1, -0.05) is 24.3 Å². The van der Waals surface area contributed by atoms with Crippen LogP contribution in [0.15, 0.2) is 54.6 Å². The van der Waals surface area contributed by atoms with E-state index in [1.54, 1.807) is 17.0 Å². The molecule has 7 heteroatoms. The molecule has 0 radical (unpaired) electrons. The van der Waals surface area contributed by atoms with Crippen molar-refractivity contribution < 1.29 is 18.8 Å². The molecule has 1 atom stereocenters. The summed E-state index contributed by atoms with van der Waals surface area (Å²) in [6.07, 6.45) is 0.0660. The summed E-state index contributed by atoms with van der Waals surface area (Å²) in [6, 6.07) is 14.2. The van der Waals surface area contributed by atoms with E-state index < -0.39 is 23.5 Å². The maximum atomic E-state index is 13.1. The number of rotatable bonds is 3. The van der Waals surface area contributed by atoms with Crippen LogP contribution in [-0.4, -0.2) is 24.3 Å².